The summed E-state index contributed by atoms with van der Waals surface area (Å²) in [7, 11) is 0. The van der Waals surface area contributed by atoms with Crippen LogP contribution in [0.5, 0.6) is 0 Å². The van der Waals surface area contributed by atoms with Gasteiger partial charge in [-0.2, -0.15) is 0 Å². The Hall–Kier alpha value is -0.850. The number of aryl methyl sites for hydroxylation is 1. The maximum Gasteiger partial charge on any atom is 0.0270 e. The van der Waals surface area contributed by atoms with Crippen LogP contribution in [0.1, 0.15) is 44.1 Å². The summed E-state index contributed by atoms with van der Waals surface area (Å²) in [5.74, 6) is 0.997. The van der Waals surface area contributed by atoms with E-state index in [1.807, 2.05) is 12.4 Å². The average molecular weight is 189 g/mol. The van der Waals surface area contributed by atoms with Gasteiger partial charge in [-0.1, -0.05) is 32.1 Å². The predicted octanol–water partition coefficient (Wildman–Crippen LogP) is 3.59. The van der Waals surface area contributed by atoms with Gasteiger partial charge in [-0.3, -0.25) is 4.98 Å². The largest absolute Gasteiger partial charge is 0.265 e. The molecule has 0 bridgehead atoms. The van der Waals surface area contributed by atoms with Crippen molar-refractivity contribution in [2.24, 2.45) is 5.92 Å². The highest BCUT2D eigenvalue weighted by Gasteiger charge is 2.12. The molecule has 1 heteroatoms. The maximum atomic E-state index is 4.04. The monoisotopic (exact) mass is 189 g/mol. The van der Waals surface area contributed by atoms with Crippen LogP contribution in [-0.2, 0) is 6.42 Å². The SMILES string of the molecule is c1cc(CCC2CCCCC2)ccn1. The first-order valence-electron chi connectivity index (χ1n) is 5.84. The minimum Gasteiger partial charge on any atom is -0.265 e. The number of rotatable bonds is 3. The van der Waals surface area contributed by atoms with Crippen molar-refractivity contribution in [1.29, 1.82) is 0 Å². The molecule has 0 saturated heterocycles. The number of aromatic nitrogens is 1. The van der Waals surface area contributed by atoms with Crippen LogP contribution in [0.25, 0.3) is 0 Å². The molecule has 1 aliphatic rings. The lowest BCUT2D eigenvalue weighted by molar-refractivity contribution is 0.339. The summed E-state index contributed by atoms with van der Waals surface area (Å²) in [6.07, 6.45) is 13.7. The molecule has 0 N–H and O–H groups in total. The standard InChI is InChI=1S/C13H19N/c1-2-4-12(5-3-1)6-7-13-8-10-14-11-9-13/h8-12H,1-7H2. The first-order valence-corrected chi connectivity index (χ1v) is 5.84. The van der Waals surface area contributed by atoms with E-state index in [9.17, 15) is 0 Å². The molecule has 1 heterocycles. The van der Waals surface area contributed by atoms with Crippen molar-refractivity contribution in [3.63, 3.8) is 0 Å². The van der Waals surface area contributed by atoms with Crippen molar-refractivity contribution < 1.29 is 0 Å². The van der Waals surface area contributed by atoms with Crippen molar-refractivity contribution in [3.05, 3.63) is 30.1 Å². The van der Waals surface area contributed by atoms with Crippen molar-refractivity contribution in [2.75, 3.05) is 0 Å². The first-order chi connectivity index (χ1) is 6.95. The Morgan fingerprint density at radius 1 is 1.07 bits per heavy atom. The van der Waals surface area contributed by atoms with E-state index in [-0.39, 0.29) is 0 Å². The quantitative estimate of drug-likeness (QED) is 0.708. The lowest BCUT2D eigenvalue weighted by Gasteiger charge is -2.21. The minimum absolute atomic E-state index is 0.997. The molecule has 1 aliphatic carbocycles. The van der Waals surface area contributed by atoms with Gasteiger partial charge in [0.1, 0.15) is 0 Å². The highest BCUT2D eigenvalue weighted by Crippen LogP contribution is 2.27. The van der Waals surface area contributed by atoms with Crippen molar-refractivity contribution in [2.45, 2.75) is 44.9 Å². The van der Waals surface area contributed by atoms with Gasteiger partial charge < -0.3 is 0 Å². The van der Waals surface area contributed by atoms with Gasteiger partial charge in [0, 0.05) is 12.4 Å². The van der Waals surface area contributed by atoms with Gasteiger partial charge in [-0.15, -0.1) is 0 Å². The molecular weight excluding hydrogens is 170 g/mol. The van der Waals surface area contributed by atoms with Gasteiger partial charge >= 0.3 is 0 Å². The molecule has 1 aromatic rings. The Labute approximate surface area is 86.6 Å². The lowest BCUT2D eigenvalue weighted by Crippen LogP contribution is -2.07. The van der Waals surface area contributed by atoms with Crippen molar-refractivity contribution in [3.8, 4) is 0 Å². The van der Waals surface area contributed by atoms with Crippen LogP contribution >= 0.6 is 0 Å². The van der Waals surface area contributed by atoms with E-state index >= 15 is 0 Å². The van der Waals surface area contributed by atoms with Crippen LogP contribution in [0.15, 0.2) is 24.5 Å². The van der Waals surface area contributed by atoms with Gasteiger partial charge in [-0.25, -0.2) is 0 Å². The van der Waals surface area contributed by atoms with Crippen LogP contribution < -0.4 is 0 Å². The second-order valence-electron chi connectivity index (χ2n) is 4.40. The third-order valence-corrected chi connectivity index (χ3v) is 3.32. The van der Waals surface area contributed by atoms with Crippen molar-refractivity contribution in [1.82, 2.24) is 4.98 Å². The lowest BCUT2D eigenvalue weighted by atomic mass is 9.85. The number of pyridine rings is 1. The molecule has 14 heavy (non-hydrogen) atoms. The Morgan fingerprint density at radius 2 is 1.79 bits per heavy atom. The van der Waals surface area contributed by atoms with Crippen LogP contribution in [0, 0.1) is 5.92 Å². The number of hydrogen-bond donors (Lipinski definition) is 0. The second-order valence-corrected chi connectivity index (χ2v) is 4.40. The molecule has 0 amide bonds. The van der Waals surface area contributed by atoms with Crippen molar-refractivity contribution >= 4 is 0 Å². The molecule has 0 aliphatic heterocycles. The maximum absolute atomic E-state index is 4.04. The predicted molar refractivity (Wildman–Crippen MR) is 59.1 cm³/mol. The smallest absolute Gasteiger partial charge is 0.0270 e. The zero-order valence-corrected chi connectivity index (χ0v) is 8.78. The summed E-state index contributed by atoms with van der Waals surface area (Å²) in [5.41, 5.74) is 1.45. The third-order valence-electron chi connectivity index (χ3n) is 3.32. The Morgan fingerprint density at radius 3 is 2.50 bits per heavy atom. The summed E-state index contributed by atoms with van der Waals surface area (Å²) in [6.45, 7) is 0. The normalized spacial score (nSPS) is 18.3. The van der Waals surface area contributed by atoms with Crippen LogP contribution in [0.4, 0.5) is 0 Å². The van der Waals surface area contributed by atoms with Crippen LogP contribution in [0.2, 0.25) is 0 Å². The minimum atomic E-state index is 0.997. The van der Waals surface area contributed by atoms with Gasteiger partial charge in [0.25, 0.3) is 0 Å². The molecule has 1 nitrogen and oxygen atoms in total. The molecule has 0 radical (unpaired) electrons. The highest BCUT2D eigenvalue weighted by molar-refractivity contribution is 5.09. The summed E-state index contributed by atoms with van der Waals surface area (Å²) >= 11 is 0. The highest BCUT2D eigenvalue weighted by atomic mass is 14.6. The zero-order chi connectivity index (χ0) is 9.64. The fourth-order valence-electron chi connectivity index (χ4n) is 2.40. The fourth-order valence-corrected chi connectivity index (χ4v) is 2.40. The molecule has 0 aromatic carbocycles. The van der Waals surface area contributed by atoms with Crippen LogP contribution in [-0.4, -0.2) is 4.98 Å². The first kappa shape index (κ1) is 9.70. The Kier molecular flexibility index (Phi) is 3.56. The van der Waals surface area contributed by atoms with E-state index in [0.29, 0.717) is 0 Å². The van der Waals surface area contributed by atoms with Gasteiger partial charge in [0.05, 0.1) is 0 Å². The van der Waals surface area contributed by atoms with E-state index in [1.54, 1.807) is 0 Å². The van der Waals surface area contributed by atoms with Gasteiger partial charge in [0.15, 0.2) is 0 Å². The summed E-state index contributed by atoms with van der Waals surface area (Å²) in [4.78, 5) is 4.04. The van der Waals surface area contributed by atoms with E-state index < -0.39 is 0 Å². The Balaban J connectivity index is 1.76. The van der Waals surface area contributed by atoms with Crippen LogP contribution in [0.3, 0.4) is 0 Å². The number of hydrogen-bond acceptors (Lipinski definition) is 1. The molecule has 1 aromatic heterocycles. The zero-order valence-electron chi connectivity index (χ0n) is 8.78. The molecule has 0 spiro atoms. The molecule has 0 atom stereocenters. The summed E-state index contributed by atoms with van der Waals surface area (Å²) in [6, 6.07) is 4.28. The Bertz CT molecular complexity index is 249. The van der Waals surface area contributed by atoms with E-state index in [1.165, 1.54) is 50.5 Å². The van der Waals surface area contributed by atoms with E-state index in [2.05, 4.69) is 17.1 Å². The molecule has 76 valence electrons. The average Bonchev–Trinajstić information content (AvgIpc) is 2.29. The molecule has 0 unspecified atom stereocenters. The molecule has 1 saturated carbocycles. The molecular formula is C13H19N. The topological polar surface area (TPSA) is 12.9 Å². The van der Waals surface area contributed by atoms with E-state index in [0.717, 1.165) is 5.92 Å². The number of nitrogens with zero attached hydrogens (tertiary/aromatic N) is 1. The molecule has 2 rings (SSSR count). The van der Waals surface area contributed by atoms with E-state index in [4.69, 9.17) is 0 Å². The summed E-state index contributed by atoms with van der Waals surface area (Å²) in [5, 5.41) is 0. The van der Waals surface area contributed by atoms with Gasteiger partial charge in [0.2, 0.25) is 0 Å². The fraction of sp³-hybridized carbons (Fsp3) is 0.615. The second kappa shape index (κ2) is 5.14. The molecule has 1 fully saturated rings. The third kappa shape index (κ3) is 2.83. The summed E-state index contributed by atoms with van der Waals surface area (Å²) < 4.78 is 0. The van der Waals surface area contributed by atoms with Gasteiger partial charge in [-0.05, 0) is 36.5 Å².